The van der Waals surface area contributed by atoms with Crippen molar-refractivity contribution in [3.63, 3.8) is 0 Å². The van der Waals surface area contributed by atoms with Gasteiger partial charge in [-0.25, -0.2) is 4.79 Å². The van der Waals surface area contributed by atoms with Gasteiger partial charge in [-0.2, -0.15) is 0 Å². The largest absolute Gasteiger partial charge is 0.423 e. The quantitative estimate of drug-likeness (QED) is 0.639. The van der Waals surface area contributed by atoms with E-state index < -0.39 is 0 Å². The molecule has 4 heteroatoms. The zero-order valence-corrected chi connectivity index (χ0v) is 11.5. The van der Waals surface area contributed by atoms with Gasteiger partial charge >= 0.3 is 5.63 Å². The van der Waals surface area contributed by atoms with E-state index in [1.54, 1.807) is 6.07 Å². The van der Waals surface area contributed by atoms with Crippen LogP contribution in [0.25, 0.3) is 11.0 Å². The van der Waals surface area contributed by atoms with E-state index >= 15 is 0 Å². The van der Waals surface area contributed by atoms with E-state index in [1.165, 1.54) is 0 Å². The second-order valence-electron chi connectivity index (χ2n) is 4.47. The number of nitrogens with one attached hydrogen (secondary N) is 1. The average Bonchev–Trinajstić information content (AvgIpc) is 2.43. The van der Waals surface area contributed by atoms with Gasteiger partial charge < -0.3 is 9.73 Å². The van der Waals surface area contributed by atoms with E-state index in [9.17, 15) is 4.79 Å². The summed E-state index contributed by atoms with van der Waals surface area (Å²) in [7, 11) is 0. The van der Waals surface area contributed by atoms with E-state index in [1.807, 2.05) is 24.3 Å². The molecule has 0 aliphatic heterocycles. The van der Waals surface area contributed by atoms with Crippen LogP contribution in [0.3, 0.4) is 0 Å². The first-order valence-corrected chi connectivity index (χ1v) is 6.69. The molecule has 0 radical (unpaired) electrons. The van der Waals surface area contributed by atoms with Gasteiger partial charge in [0.1, 0.15) is 5.58 Å². The average molecular weight is 260 g/mol. The third-order valence-corrected chi connectivity index (χ3v) is 3.28. The molecule has 0 unspecified atom stereocenters. The van der Waals surface area contributed by atoms with Crippen molar-refractivity contribution in [2.24, 2.45) is 0 Å². The van der Waals surface area contributed by atoms with Crippen LogP contribution < -0.4 is 10.9 Å². The summed E-state index contributed by atoms with van der Waals surface area (Å²) in [6, 6.07) is 9.20. The Bertz CT molecular complexity index is 588. The molecule has 102 valence electrons. The highest BCUT2D eigenvalue weighted by molar-refractivity contribution is 5.79. The minimum Gasteiger partial charge on any atom is -0.423 e. The molecule has 0 atom stereocenters. The summed E-state index contributed by atoms with van der Waals surface area (Å²) in [4.78, 5) is 13.8. The van der Waals surface area contributed by atoms with Crippen LogP contribution in [-0.4, -0.2) is 24.7 Å². The first-order chi connectivity index (χ1) is 9.24. The van der Waals surface area contributed by atoms with Crippen molar-refractivity contribution in [3.05, 3.63) is 46.3 Å². The molecule has 1 heterocycles. The summed E-state index contributed by atoms with van der Waals surface area (Å²) in [6.07, 6.45) is 0. The van der Waals surface area contributed by atoms with Crippen LogP contribution in [-0.2, 0) is 6.54 Å². The Morgan fingerprint density at radius 2 is 1.95 bits per heavy atom. The van der Waals surface area contributed by atoms with Gasteiger partial charge in [0.2, 0.25) is 0 Å². The zero-order valence-electron chi connectivity index (χ0n) is 11.5. The predicted octanol–water partition coefficient (Wildman–Crippen LogP) is 2.18. The summed E-state index contributed by atoms with van der Waals surface area (Å²) in [6.45, 7) is 7.79. The zero-order chi connectivity index (χ0) is 13.7. The second kappa shape index (κ2) is 6.50. The summed E-state index contributed by atoms with van der Waals surface area (Å²) in [5.41, 5.74) is 1.34. The molecule has 0 spiro atoms. The Labute approximate surface area is 113 Å². The fraction of sp³-hybridized carbons (Fsp3) is 0.400. The number of benzene rings is 1. The van der Waals surface area contributed by atoms with E-state index in [2.05, 4.69) is 24.1 Å². The number of para-hydroxylation sites is 1. The van der Waals surface area contributed by atoms with Crippen molar-refractivity contribution in [2.45, 2.75) is 20.4 Å². The molecule has 2 rings (SSSR count). The first-order valence-electron chi connectivity index (χ1n) is 6.69. The van der Waals surface area contributed by atoms with Crippen molar-refractivity contribution < 1.29 is 4.42 Å². The Hall–Kier alpha value is -1.65. The van der Waals surface area contributed by atoms with Gasteiger partial charge in [0.25, 0.3) is 0 Å². The lowest BCUT2D eigenvalue weighted by molar-refractivity contribution is 0.278. The van der Waals surface area contributed by atoms with Gasteiger partial charge in [0.15, 0.2) is 0 Å². The number of nitrogens with zero attached hydrogens (tertiary/aromatic N) is 1. The number of rotatable bonds is 6. The molecule has 0 aliphatic rings. The maximum atomic E-state index is 11.5. The smallest absolute Gasteiger partial charge is 0.336 e. The number of hydrogen-bond acceptors (Lipinski definition) is 4. The van der Waals surface area contributed by atoms with E-state index in [0.29, 0.717) is 12.1 Å². The van der Waals surface area contributed by atoms with Gasteiger partial charge in [0, 0.05) is 24.7 Å². The molecule has 4 nitrogen and oxygen atoms in total. The fourth-order valence-corrected chi connectivity index (χ4v) is 2.12. The fourth-order valence-electron chi connectivity index (χ4n) is 2.12. The van der Waals surface area contributed by atoms with Gasteiger partial charge in [-0.05, 0) is 24.7 Å². The molecule has 0 aliphatic carbocycles. The monoisotopic (exact) mass is 260 g/mol. The molecule has 0 saturated heterocycles. The SMILES string of the molecule is CCN(CC)CNCc1cc(=O)oc2ccccc12. The van der Waals surface area contributed by atoms with Crippen LogP contribution >= 0.6 is 0 Å². The summed E-state index contributed by atoms with van der Waals surface area (Å²) >= 11 is 0. The Balaban J connectivity index is 2.14. The molecule has 2 aromatic rings. The van der Waals surface area contributed by atoms with E-state index in [0.717, 1.165) is 30.7 Å². The maximum absolute atomic E-state index is 11.5. The lowest BCUT2D eigenvalue weighted by Gasteiger charge is -2.18. The lowest BCUT2D eigenvalue weighted by atomic mass is 10.1. The standard InChI is InChI=1S/C15H20N2O2/c1-3-17(4-2)11-16-10-12-9-15(18)19-14-8-6-5-7-13(12)14/h5-9,16H,3-4,10-11H2,1-2H3. The third-order valence-electron chi connectivity index (χ3n) is 3.28. The molecular weight excluding hydrogens is 240 g/mol. The molecule has 19 heavy (non-hydrogen) atoms. The van der Waals surface area contributed by atoms with Crippen LogP contribution in [0.5, 0.6) is 0 Å². The number of hydrogen-bond donors (Lipinski definition) is 1. The molecular formula is C15H20N2O2. The van der Waals surface area contributed by atoms with Gasteiger partial charge in [-0.3, -0.25) is 4.90 Å². The first kappa shape index (κ1) is 13.8. The molecule has 0 amide bonds. The third kappa shape index (κ3) is 3.43. The molecule has 0 fully saturated rings. The predicted molar refractivity (Wildman–Crippen MR) is 77.1 cm³/mol. The minimum absolute atomic E-state index is 0.293. The van der Waals surface area contributed by atoms with Crippen LogP contribution in [0.15, 0.2) is 39.5 Å². The molecule has 1 aromatic heterocycles. The molecule has 0 saturated carbocycles. The lowest BCUT2D eigenvalue weighted by Crippen LogP contribution is -2.33. The van der Waals surface area contributed by atoms with Crippen LogP contribution in [0.1, 0.15) is 19.4 Å². The summed E-state index contributed by atoms with van der Waals surface area (Å²) in [5.74, 6) is 0. The second-order valence-corrected chi connectivity index (χ2v) is 4.47. The molecule has 1 aromatic carbocycles. The summed E-state index contributed by atoms with van der Waals surface area (Å²) < 4.78 is 5.18. The van der Waals surface area contributed by atoms with Crippen molar-refractivity contribution >= 4 is 11.0 Å². The van der Waals surface area contributed by atoms with Crippen molar-refractivity contribution in [3.8, 4) is 0 Å². The van der Waals surface area contributed by atoms with Crippen molar-refractivity contribution in [1.82, 2.24) is 10.2 Å². The highest BCUT2D eigenvalue weighted by atomic mass is 16.4. The van der Waals surface area contributed by atoms with Crippen LogP contribution in [0.4, 0.5) is 0 Å². The highest BCUT2D eigenvalue weighted by Crippen LogP contribution is 2.15. The number of fused-ring (bicyclic) bond motifs is 1. The Morgan fingerprint density at radius 1 is 1.21 bits per heavy atom. The van der Waals surface area contributed by atoms with Gasteiger partial charge in [-0.15, -0.1) is 0 Å². The van der Waals surface area contributed by atoms with Crippen molar-refractivity contribution in [1.29, 1.82) is 0 Å². The topological polar surface area (TPSA) is 45.5 Å². The van der Waals surface area contributed by atoms with E-state index in [4.69, 9.17) is 4.42 Å². The summed E-state index contributed by atoms with van der Waals surface area (Å²) in [5, 5.41) is 4.36. The van der Waals surface area contributed by atoms with E-state index in [-0.39, 0.29) is 5.63 Å². The minimum atomic E-state index is -0.293. The van der Waals surface area contributed by atoms with Gasteiger partial charge in [0.05, 0.1) is 0 Å². The maximum Gasteiger partial charge on any atom is 0.336 e. The van der Waals surface area contributed by atoms with Gasteiger partial charge in [-0.1, -0.05) is 32.0 Å². The Kier molecular flexibility index (Phi) is 4.71. The molecule has 0 bridgehead atoms. The normalized spacial score (nSPS) is 11.3. The van der Waals surface area contributed by atoms with Crippen LogP contribution in [0, 0.1) is 0 Å². The van der Waals surface area contributed by atoms with Crippen LogP contribution in [0.2, 0.25) is 0 Å². The van der Waals surface area contributed by atoms with Crippen molar-refractivity contribution in [2.75, 3.05) is 19.8 Å². The Morgan fingerprint density at radius 3 is 2.68 bits per heavy atom. The molecule has 1 N–H and O–H groups in total. The highest BCUT2D eigenvalue weighted by Gasteiger charge is 2.05.